The van der Waals surface area contributed by atoms with Gasteiger partial charge in [0.2, 0.25) is 0 Å². The van der Waals surface area contributed by atoms with Gasteiger partial charge in [0.05, 0.1) is 11.4 Å². The van der Waals surface area contributed by atoms with Gasteiger partial charge in [0.15, 0.2) is 0 Å². The molecule has 0 bridgehead atoms. The Morgan fingerprint density at radius 1 is 1.05 bits per heavy atom. The molecule has 5 aliphatic rings. The van der Waals surface area contributed by atoms with Crippen LogP contribution in [-0.4, -0.2) is 74.5 Å². The Morgan fingerprint density at radius 3 is 2.37 bits per heavy atom. The molecule has 1 saturated heterocycles. The van der Waals surface area contributed by atoms with Crippen LogP contribution in [0.5, 0.6) is 0 Å². The Kier molecular flexibility index (Phi) is 7.99. The molecule has 210 valence electrons. The van der Waals surface area contributed by atoms with Gasteiger partial charge in [0.25, 0.3) is 0 Å². The van der Waals surface area contributed by atoms with E-state index in [0.717, 1.165) is 57.3 Å². The van der Waals surface area contributed by atoms with Crippen molar-refractivity contribution < 1.29 is 39.7 Å². The number of hydrogen-bond acceptors (Lipinski definition) is 9. The minimum Gasteiger partial charge on any atom is -0.478 e. The topological polar surface area (TPSA) is 178 Å². The minimum atomic E-state index is -1.26. The van der Waals surface area contributed by atoms with E-state index in [1.54, 1.807) is 0 Å². The van der Waals surface area contributed by atoms with Crippen molar-refractivity contribution in [2.45, 2.75) is 83.3 Å². The highest BCUT2D eigenvalue weighted by molar-refractivity contribution is 6.01. The van der Waals surface area contributed by atoms with E-state index in [-0.39, 0.29) is 16.9 Å². The van der Waals surface area contributed by atoms with Gasteiger partial charge in [-0.05, 0) is 62.8 Å². The Labute approximate surface area is 222 Å². The number of carboxylic acid groups (broad SMARTS) is 2. The summed E-state index contributed by atoms with van der Waals surface area (Å²) >= 11 is 0. The summed E-state index contributed by atoms with van der Waals surface area (Å²) in [4.78, 5) is 37.5. The molecule has 5 N–H and O–H groups in total. The fourth-order valence-electron chi connectivity index (χ4n) is 7.86. The highest BCUT2D eigenvalue weighted by Gasteiger charge is 2.66. The quantitative estimate of drug-likeness (QED) is 0.206. The number of Topliss-reactive ketones (excluding diaryl/α,β-unsaturated/α-hetero) is 1. The second-order valence-electron chi connectivity index (χ2n) is 11.9. The molecule has 0 aromatic carbocycles. The maximum Gasteiger partial charge on any atom is 0.328 e. The highest BCUT2D eigenvalue weighted by atomic mass is 16.6. The van der Waals surface area contributed by atoms with E-state index >= 15 is 0 Å². The number of rotatable bonds is 4. The maximum absolute atomic E-state index is 12.6. The fourth-order valence-corrected chi connectivity index (χ4v) is 7.86. The zero-order valence-corrected chi connectivity index (χ0v) is 22.1. The number of hydrogen-bond donors (Lipinski definition) is 5. The zero-order chi connectivity index (χ0) is 27.7. The monoisotopic (exact) mass is 533 g/mol. The molecule has 4 aliphatic carbocycles. The fraction of sp³-hybridized carbons (Fsp3) is 0.741. The van der Waals surface area contributed by atoms with Crippen LogP contribution in [0.25, 0.3) is 0 Å². The molecule has 1 heterocycles. The lowest BCUT2D eigenvalue weighted by molar-refractivity contribution is -0.146. The van der Waals surface area contributed by atoms with E-state index in [0.29, 0.717) is 60.7 Å². The van der Waals surface area contributed by atoms with Gasteiger partial charge in [-0.25, -0.2) is 9.59 Å². The molecule has 0 amide bonds. The third-order valence-corrected chi connectivity index (χ3v) is 10.0. The van der Waals surface area contributed by atoms with Gasteiger partial charge in [-0.15, -0.1) is 0 Å². The van der Waals surface area contributed by atoms with Crippen molar-refractivity contribution in [2.75, 3.05) is 13.1 Å². The molecule has 7 atom stereocenters. The van der Waals surface area contributed by atoms with Crippen molar-refractivity contribution in [1.29, 1.82) is 0 Å². The number of nitrogens with one attached hydrogen (secondary N) is 1. The molecule has 0 aromatic rings. The summed E-state index contributed by atoms with van der Waals surface area (Å²) in [6.07, 6.45) is 8.16. The Hall–Kier alpha value is -2.79. The number of ketones is 1. The highest BCUT2D eigenvalue weighted by Crippen LogP contribution is 2.65. The summed E-state index contributed by atoms with van der Waals surface area (Å²) in [6, 6.07) is 0. The normalized spacial score (nSPS) is 42.2. The smallest absolute Gasteiger partial charge is 0.328 e. The first-order valence-electron chi connectivity index (χ1n) is 13.5. The van der Waals surface area contributed by atoms with Crippen molar-refractivity contribution in [3.05, 3.63) is 12.2 Å². The lowest BCUT2D eigenvalue weighted by Gasteiger charge is -2.62. The molecule has 0 aromatic heterocycles. The van der Waals surface area contributed by atoms with Crippen LogP contribution in [0.3, 0.4) is 0 Å². The van der Waals surface area contributed by atoms with Crippen LogP contribution in [0.15, 0.2) is 22.5 Å². The predicted octanol–water partition coefficient (Wildman–Crippen LogP) is 2.60. The Bertz CT molecular complexity index is 1030. The number of aliphatic hydroxyl groups is 1. The number of aliphatic carboxylic acids is 2. The average molecular weight is 534 g/mol. The summed E-state index contributed by atoms with van der Waals surface area (Å²) in [5.74, 6) is -1.16. The summed E-state index contributed by atoms with van der Waals surface area (Å²) in [6.45, 7) is 6.07. The second kappa shape index (κ2) is 10.8. The van der Waals surface area contributed by atoms with Gasteiger partial charge in [0, 0.05) is 48.8 Å². The number of fused-ring (bicyclic) bond motifs is 5. The van der Waals surface area contributed by atoms with Crippen LogP contribution in [0.2, 0.25) is 0 Å². The SMILES string of the molecule is C[C@]12CC[C@H]3[C@@H](C/C(=N\O)[C@@]4(O)CC(=NO[C@H]5CCNC5)CC[C@]34C)[C@@H]1CCC2=O.O=C(O)/C=C/C(=O)O. The van der Waals surface area contributed by atoms with E-state index in [1.807, 2.05) is 0 Å². The Balaban J connectivity index is 0.000000368. The lowest BCUT2D eigenvalue weighted by Crippen LogP contribution is -2.66. The van der Waals surface area contributed by atoms with E-state index in [9.17, 15) is 24.7 Å². The van der Waals surface area contributed by atoms with Crippen molar-refractivity contribution in [2.24, 2.45) is 38.9 Å². The molecule has 0 radical (unpaired) electrons. The summed E-state index contributed by atoms with van der Waals surface area (Å²) in [7, 11) is 0. The van der Waals surface area contributed by atoms with Crippen LogP contribution >= 0.6 is 0 Å². The van der Waals surface area contributed by atoms with E-state index in [4.69, 9.17) is 15.1 Å². The second-order valence-corrected chi connectivity index (χ2v) is 11.9. The molecular formula is C27H39N3O8. The van der Waals surface area contributed by atoms with Gasteiger partial charge in [-0.3, -0.25) is 4.79 Å². The molecule has 1 aliphatic heterocycles. The standard InChI is InChI=1S/C23H35N3O4.C4H4O4/c1-21-8-6-18-16(17(21)3-4-20(21)27)11-19(25-29)23(28)12-14(5-9-22(18,23)2)26-30-15-7-10-24-13-15;5-3(6)1-2-4(7)8/h15-18,24,28-29H,3-13H2,1-2H3;1-2H,(H,5,6)(H,7,8)/b25-19+,26-14?;2-1+/t15-,16-,17-,18-,21-,22+,23-;/m0./s1. The van der Waals surface area contributed by atoms with Gasteiger partial charge in [-0.1, -0.05) is 24.2 Å². The summed E-state index contributed by atoms with van der Waals surface area (Å²) < 4.78 is 0. The third kappa shape index (κ3) is 4.98. The van der Waals surface area contributed by atoms with Gasteiger partial charge < -0.3 is 30.7 Å². The Morgan fingerprint density at radius 2 is 1.76 bits per heavy atom. The first kappa shape index (κ1) is 28.2. The predicted molar refractivity (Wildman–Crippen MR) is 137 cm³/mol. The number of nitrogens with zero attached hydrogens (tertiary/aromatic N) is 2. The largest absolute Gasteiger partial charge is 0.478 e. The summed E-state index contributed by atoms with van der Waals surface area (Å²) in [5, 5.41) is 48.8. The van der Waals surface area contributed by atoms with Gasteiger partial charge in [0.1, 0.15) is 17.5 Å². The van der Waals surface area contributed by atoms with Crippen LogP contribution in [0, 0.1) is 28.6 Å². The molecule has 38 heavy (non-hydrogen) atoms. The first-order chi connectivity index (χ1) is 17.9. The molecule has 11 nitrogen and oxygen atoms in total. The van der Waals surface area contributed by atoms with E-state index in [2.05, 4.69) is 29.5 Å². The number of carbonyl (C=O) groups is 3. The van der Waals surface area contributed by atoms with Crippen molar-refractivity contribution >= 4 is 29.1 Å². The number of oxime groups is 2. The van der Waals surface area contributed by atoms with Crippen LogP contribution < -0.4 is 5.32 Å². The van der Waals surface area contributed by atoms with E-state index < -0.39 is 17.5 Å². The molecule has 4 saturated carbocycles. The first-order valence-corrected chi connectivity index (χ1v) is 13.5. The molecule has 5 fully saturated rings. The van der Waals surface area contributed by atoms with Crippen molar-refractivity contribution in [1.82, 2.24) is 5.32 Å². The van der Waals surface area contributed by atoms with Crippen molar-refractivity contribution in [3.63, 3.8) is 0 Å². The van der Waals surface area contributed by atoms with Gasteiger partial charge in [-0.2, -0.15) is 0 Å². The zero-order valence-electron chi connectivity index (χ0n) is 22.1. The molecule has 0 spiro atoms. The molecule has 11 heteroatoms. The molecule has 5 rings (SSSR count). The molecular weight excluding hydrogens is 494 g/mol. The molecule has 0 unspecified atom stereocenters. The number of carboxylic acids is 2. The van der Waals surface area contributed by atoms with E-state index in [1.165, 1.54) is 0 Å². The number of carbonyl (C=O) groups excluding carboxylic acids is 1. The van der Waals surface area contributed by atoms with Crippen molar-refractivity contribution in [3.8, 4) is 0 Å². The maximum atomic E-state index is 12.6. The van der Waals surface area contributed by atoms with Gasteiger partial charge >= 0.3 is 11.9 Å². The lowest BCUT2D eigenvalue weighted by atomic mass is 9.43. The minimum absolute atomic E-state index is 0.0955. The van der Waals surface area contributed by atoms with Crippen LogP contribution in [-0.2, 0) is 19.2 Å². The average Bonchev–Trinajstić information content (AvgIpc) is 3.50. The van der Waals surface area contributed by atoms with Crippen LogP contribution in [0.1, 0.15) is 71.6 Å². The summed E-state index contributed by atoms with van der Waals surface area (Å²) in [5.41, 5.74) is -0.479. The third-order valence-electron chi connectivity index (χ3n) is 10.0. The van der Waals surface area contributed by atoms with Crippen LogP contribution in [0.4, 0.5) is 0 Å².